The van der Waals surface area contributed by atoms with E-state index in [1.165, 1.54) is 0 Å². The number of rotatable bonds is 4. The van der Waals surface area contributed by atoms with Gasteiger partial charge in [-0.25, -0.2) is 0 Å². The minimum absolute atomic E-state index is 0.179. The third-order valence-electron chi connectivity index (χ3n) is 4.67. The first-order valence-corrected chi connectivity index (χ1v) is 7.58. The first-order valence-electron chi connectivity index (χ1n) is 7.58. The summed E-state index contributed by atoms with van der Waals surface area (Å²) >= 11 is 0. The Morgan fingerprint density at radius 3 is 2.71 bits per heavy atom. The van der Waals surface area contributed by atoms with Gasteiger partial charge in [0.2, 0.25) is 0 Å². The van der Waals surface area contributed by atoms with Crippen LogP contribution in [0.4, 0.5) is 5.69 Å². The number of hydrogen-bond donors (Lipinski definition) is 1. The van der Waals surface area contributed by atoms with Crippen LogP contribution < -0.4 is 5.32 Å². The van der Waals surface area contributed by atoms with Crippen LogP contribution in [0, 0.1) is 10.1 Å². The van der Waals surface area contributed by atoms with Crippen LogP contribution in [0.25, 0.3) is 0 Å². The molecule has 2 heterocycles. The van der Waals surface area contributed by atoms with Crippen LogP contribution in [-0.2, 0) is 0 Å². The van der Waals surface area contributed by atoms with Crippen molar-refractivity contribution in [2.75, 3.05) is 39.3 Å². The van der Waals surface area contributed by atoms with Gasteiger partial charge < -0.3 is 5.32 Å². The highest BCUT2D eigenvalue weighted by molar-refractivity contribution is 5.35. The average Bonchev–Trinajstić information content (AvgIpc) is 2.47. The standard InChI is InChI=1S/C15H22N4O2/c1-12(13-3-2-4-14(9-13)19(20)21)18-10-15(11-18)17-7-5-16-6-8-17/h2-4,9,12,15-16H,5-8,10-11H2,1H3. The molecule has 1 aromatic rings. The van der Waals surface area contributed by atoms with E-state index in [-0.39, 0.29) is 16.7 Å². The van der Waals surface area contributed by atoms with Crippen LogP contribution in [0.5, 0.6) is 0 Å². The summed E-state index contributed by atoms with van der Waals surface area (Å²) in [4.78, 5) is 15.5. The lowest BCUT2D eigenvalue weighted by atomic mass is 9.98. The first-order chi connectivity index (χ1) is 10.1. The Morgan fingerprint density at radius 1 is 1.33 bits per heavy atom. The maximum atomic E-state index is 10.9. The summed E-state index contributed by atoms with van der Waals surface area (Å²) in [7, 11) is 0. The van der Waals surface area contributed by atoms with Gasteiger partial charge >= 0.3 is 0 Å². The molecule has 1 aromatic carbocycles. The van der Waals surface area contributed by atoms with Crippen LogP contribution in [0.1, 0.15) is 18.5 Å². The minimum Gasteiger partial charge on any atom is -0.314 e. The predicted molar refractivity (Wildman–Crippen MR) is 81.3 cm³/mol. The molecule has 2 aliphatic rings. The van der Waals surface area contributed by atoms with E-state index >= 15 is 0 Å². The number of nitro benzene ring substituents is 1. The van der Waals surface area contributed by atoms with Crippen LogP contribution >= 0.6 is 0 Å². The van der Waals surface area contributed by atoms with Gasteiger partial charge in [0.15, 0.2) is 0 Å². The molecule has 0 aliphatic carbocycles. The quantitative estimate of drug-likeness (QED) is 0.668. The topological polar surface area (TPSA) is 61.7 Å². The smallest absolute Gasteiger partial charge is 0.269 e. The molecule has 0 spiro atoms. The molecule has 114 valence electrons. The van der Waals surface area contributed by atoms with Crippen molar-refractivity contribution in [1.82, 2.24) is 15.1 Å². The molecular weight excluding hydrogens is 268 g/mol. The van der Waals surface area contributed by atoms with E-state index in [1.807, 2.05) is 6.07 Å². The van der Waals surface area contributed by atoms with Gasteiger partial charge in [0.05, 0.1) is 4.92 Å². The highest BCUT2D eigenvalue weighted by Gasteiger charge is 2.35. The lowest BCUT2D eigenvalue weighted by molar-refractivity contribution is -0.385. The van der Waals surface area contributed by atoms with Gasteiger partial charge in [0.25, 0.3) is 5.69 Å². The van der Waals surface area contributed by atoms with Crippen molar-refractivity contribution < 1.29 is 4.92 Å². The monoisotopic (exact) mass is 290 g/mol. The zero-order valence-electron chi connectivity index (χ0n) is 12.4. The molecule has 1 atom stereocenters. The summed E-state index contributed by atoms with van der Waals surface area (Å²) in [5.41, 5.74) is 1.21. The maximum Gasteiger partial charge on any atom is 0.269 e. The fraction of sp³-hybridized carbons (Fsp3) is 0.600. The lowest BCUT2D eigenvalue weighted by Crippen LogP contribution is -2.62. The maximum absolute atomic E-state index is 10.9. The number of nitro groups is 1. The number of non-ortho nitro benzene ring substituents is 1. The van der Waals surface area contributed by atoms with Crippen molar-refractivity contribution in [3.63, 3.8) is 0 Å². The largest absolute Gasteiger partial charge is 0.314 e. The molecule has 6 nitrogen and oxygen atoms in total. The molecular formula is C15H22N4O2. The number of piperazine rings is 1. The Labute approximate surface area is 124 Å². The molecule has 0 saturated carbocycles. The summed E-state index contributed by atoms with van der Waals surface area (Å²) in [6.07, 6.45) is 0. The molecule has 2 fully saturated rings. The zero-order chi connectivity index (χ0) is 14.8. The molecule has 1 N–H and O–H groups in total. The second-order valence-corrected chi connectivity index (χ2v) is 5.92. The third kappa shape index (κ3) is 3.07. The summed E-state index contributed by atoms with van der Waals surface area (Å²) in [6, 6.07) is 7.89. The summed E-state index contributed by atoms with van der Waals surface area (Å²) in [5.74, 6) is 0. The first kappa shape index (κ1) is 14.4. The normalized spacial score (nSPS) is 22.7. The van der Waals surface area contributed by atoms with Crippen molar-refractivity contribution in [1.29, 1.82) is 0 Å². The molecule has 2 aliphatic heterocycles. The average molecular weight is 290 g/mol. The molecule has 21 heavy (non-hydrogen) atoms. The van der Waals surface area contributed by atoms with E-state index in [1.54, 1.807) is 18.2 Å². The second kappa shape index (κ2) is 6.09. The zero-order valence-corrected chi connectivity index (χ0v) is 12.4. The van der Waals surface area contributed by atoms with Crippen molar-refractivity contribution in [2.45, 2.75) is 19.0 Å². The second-order valence-electron chi connectivity index (χ2n) is 5.92. The number of nitrogens with zero attached hydrogens (tertiary/aromatic N) is 3. The van der Waals surface area contributed by atoms with Crippen molar-refractivity contribution in [3.05, 3.63) is 39.9 Å². The molecule has 1 unspecified atom stereocenters. The van der Waals surface area contributed by atoms with E-state index in [0.717, 1.165) is 44.8 Å². The molecule has 0 bridgehead atoms. The highest BCUT2D eigenvalue weighted by Crippen LogP contribution is 2.29. The van der Waals surface area contributed by atoms with E-state index in [4.69, 9.17) is 0 Å². The van der Waals surface area contributed by atoms with E-state index in [2.05, 4.69) is 22.0 Å². The van der Waals surface area contributed by atoms with Crippen molar-refractivity contribution in [3.8, 4) is 0 Å². The lowest BCUT2D eigenvalue weighted by Gasteiger charge is -2.49. The van der Waals surface area contributed by atoms with Gasteiger partial charge in [-0.15, -0.1) is 0 Å². The Bertz CT molecular complexity index is 510. The Balaban J connectivity index is 1.58. The summed E-state index contributed by atoms with van der Waals surface area (Å²) < 4.78 is 0. The van der Waals surface area contributed by atoms with Gasteiger partial charge in [-0.2, -0.15) is 0 Å². The highest BCUT2D eigenvalue weighted by atomic mass is 16.6. The molecule has 2 saturated heterocycles. The predicted octanol–water partition coefficient (Wildman–Crippen LogP) is 1.25. The minimum atomic E-state index is -0.324. The van der Waals surface area contributed by atoms with Crippen molar-refractivity contribution >= 4 is 5.69 Å². The van der Waals surface area contributed by atoms with Gasteiger partial charge in [-0.05, 0) is 12.5 Å². The van der Waals surface area contributed by atoms with E-state index in [9.17, 15) is 10.1 Å². The Hall–Kier alpha value is -1.50. The number of likely N-dealkylation sites (tertiary alicyclic amines) is 1. The number of nitrogens with one attached hydrogen (secondary N) is 1. The van der Waals surface area contributed by atoms with Crippen LogP contribution in [-0.4, -0.2) is 60.0 Å². The fourth-order valence-corrected chi connectivity index (χ4v) is 3.19. The Kier molecular flexibility index (Phi) is 4.19. The molecule has 0 aromatic heterocycles. The van der Waals surface area contributed by atoms with Crippen molar-refractivity contribution in [2.24, 2.45) is 0 Å². The van der Waals surface area contributed by atoms with Gasteiger partial charge in [0, 0.05) is 63.5 Å². The molecule has 3 rings (SSSR count). The van der Waals surface area contributed by atoms with Gasteiger partial charge in [-0.3, -0.25) is 19.9 Å². The fourth-order valence-electron chi connectivity index (χ4n) is 3.19. The summed E-state index contributed by atoms with van der Waals surface area (Å²) in [6.45, 7) is 8.67. The third-order valence-corrected chi connectivity index (χ3v) is 4.67. The summed E-state index contributed by atoms with van der Waals surface area (Å²) in [5, 5.41) is 14.2. The molecule has 0 radical (unpaired) electrons. The number of hydrogen-bond acceptors (Lipinski definition) is 5. The van der Waals surface area contributed by atoms with Crippen LogP contribution in [0.2, 0.25) is 0 Å². The molecule has 0 amide bonds. The number of benzene rings is 1. The van der Waals surface area contributed by atoms with Crippen LogP contribution in [0.3, 0.4) is 0 Å². The van der Waals surface area contributed by atoms with E-state index < -0.39 is 0 Å². The Morgan fingerprint density at radius 2 is 2.05 bits per heavy atom. The van der Waals surface area contributed by atoms with E-state index in [0.29, 0.717) is 6.04 Å². The molecule has 6 heteroatoms. The van der Waals surface area contributed by atoms with Gasteiger partial charge in [0.1, 0.15) is 0 Å². The van der Waals surface area contributed by atoms with Crippen LogP contribution in [0.15, 0.2) is 24.3 Å². The SMILES string of the molecule is CC(c1cccc([N+](=O)[O-])c1)N1CC(N2CCNCC2)C1. The van der Waals surface area contributed by atoms with Gasteiger partial charge in [-0.1, -0.05) is 12.1 Å².